The molecule has 1 saturated heterocycles. The van der Waals surface area contributed by atoms with Crippen LogP contribution in [0, 0.1) is 0 Å². The molecule has 16 heavy (non-hydrogen) atoms. The van der Waals surface area contributed by atoms with Gasteiger partial charge in [0.25, 0.3) is 0 Å². The van der Waals surface area contributed by atoms with Crippen LogP contribution in [-0.2, 0) is 9.47 Å². The van der Waals surface area contributed by atoms with Crippen LogP contribution < -0.4 is 5.32 Å². The summed E-state index contributed by atoms with van der Waals surface area (Å²) >= 11 is 0. The van der Waals surface area contributed by atoms with Gasteiger partial charge in [0.15, 0.2) is 0 Å². The first-order valence-electron chi connectivity index (χ1n) is 5.62. The van der Waals surface area contributed by atoms with Gasteiger partial charge in [-0.15, -0.1) is 0 Å². The first-order chi connectivity index (χ1) is 7.85. The van der Waals surface area contributed by atoms with Gasteiger partial charge in [-0.1, -0.05) is 6.07 Å². The molecule has 0 bridgehead atoms. The zero-order valence-corrected chi connectivity index (χ0v) is 9.61. The largest absolute Gasteiger partial charge is 0.381 e. The molecule has 1 N–H and O–H groups in total. The number of aromatic nitrogens is 1. The molecule has 0 aromatic carbocycles. The van der Waals surface area contributed by atoms with E-state index >= 15 is 0 Å². The minimum absolute atomic E-state index is 0.101. The third-order valence-electron chi connectivity index (χ3n) is 3.09. The van der Waals surface area contributed by atoms with Gasteiger partial charge in [0, 0.05) is 45.9 Å². The van der Waals surface area contributed by atoms with Gasteiger partial charge in [-0.05, 0) is 12.1 Å². The number of rotatable bonds is 4. The number of pyridine rings is 1. The van der Waals surface area contributed by atoms with Gasteiger partial charge < -0.3 is 14.8 Å². The number of nitrogens with one attached hydrogen (secondary N) is 1. The van der Waals surface area contributed by atoms with Crippen LogP contribution in [0.5, 0.6) is 0 Å². The standard InChI is InChI=1S/C12H18N2O2/c1-15-12(5-8-16-9-6-12)10-14-11-4-2-3-7-13-11/h2-4,7H,5-6,8-10H2,1H3,(H,13,14). The van der Waals surface area contributed by atoms with Crippen molar-refractivity contribution in [3.63, 3.8) is 0 Å². The Balaban J connectivity index is 1.92. The van der Waals surface area contributed by atoms with E-state index in [1.54, 1.807) is 13.3 Å². The van der Waals surface area contributed by atoms with E-state index in [2.05, 4.69) is 10.3 Å². The Hall–Kier alpha value is -1.13. The Bertz CT molecular complexity index is 310. The number of anilines is 1. The third kappa shape index (κ3) is 2.71. The van der Waals surface area contributed by atoms with Crippen LogP contribution in [0.4, 0.5) is 5.82 Å². The summed E-state index contributed by atoms with van der Waals surface area (Å²) in [6.07, 6.45) is 3.65. The van der Waals surface area contributed by atoms with E-state index in [-0.39, 0.29) is 5.60 Å². The Morgan fingerprint density at radius 1 is 1.44 bits per heavy atom. The van der Waals surface area contributed by atoms with Crippen molar-refractivity contribution in [3.05, 3.63) is 24.4 Å². The van der Waals surface area contributed by atoms with Crippen molar-refractivity contribution in [1.82, 2.24) is 4.98 Å². The second-order valence-corrected chi connectivity index (χ2v) is 4.07. The molecule has 0 spiro atoms. The molecule has 0 aliphatic carbocycles. The number of ether oxygens (including phenoxy) is 2. The lowest BCUT2D eigenvalue weighted by atomic mass is 9.94. The Labute approximate surface area is 96.0 Å². The molecule has 4 heteroatoms. The van der Waals surface area contributed by atoms with E-state index in [9.17, 15) is 0 Å². The molecule has 1 aliphatic rings. The van der Waals surface area contributed by atoms with Crippen molar-refractivity contribution in [2.24, 2.45) is 0 Å². The minimum atomic E-state index is -0.101. The highest BCUT2D eigenvalue weighted by molar-refractivity contribution is 5.33. The van der Waals surface area contributed by atoms with Crippen molar-refractivity contribution in [3.8, 4) is 0 Å². The fraction of sp³-hybridized carbons (Fsp3) is 0.583. The predicted octanol–water partition coefficient (Wildman–Crippen LogP) is 1.69. The zero-order chi connectivity index (χ0) is 11.3. The van der Waals surface area contributed by atoms with E-state index < -0.39 is 0 Å². The van der Waals surface area contributed by atoms with Crippen LogP contribution >= 0.6 is 0 Å². The molecular formula is C12H18N2O2. The average Bonchev–Trinajstić information content (AvgIpc) is 2.39. The SMILES string of the molecule is COC1(CNc2ccccn2)CCOCC1. The molecule has 0 atom stereocenters. The second-order valence-electron chi connectivity index (χ2n) is 4.07. The Morgan fingerprint density at radius 3 is 2.88 bits per heavy atom. The van der Waals surface area contributed by atoms with Crippen LogP contribution in [0.2, 0.25) is 0 Å². The van der Waals surface area contributed by atoms with E-state index in [0.29, 0.717) is 0 Å². The summed E-state index contributed by atoms with van der Waals surface area (Å²) in [6, 6.07) is 5.84. The lowest BCUT2D eigenvalue weighted by Gasteiger charge is -2.36. The normalized spacial score (nSPS) is 19.3. The number of nitrogens with zero attached hydrogens (tertiary/aromatic N) is 1. The topological polar surface area (TPSA) is 43.4 Å². The van der Waals surface area contributed by atoms with E-state index in [1.165, 1.54) is 0 Å². The van der Waals surface area contributed by atoms with Gasteiger partial charge in [0.2, 0.25) is 0 Å². The maximum absolute atomic E-state index is 5.63. The number of methoxy groups -OCH3 is 1. The first-order valence-corrected chi connectivity index (χ1v) is 5.62. The molecule has 1 aromatic rings. The molecular weight excluding hydrogens is 204 g/mol. The summed E-state index contributed by atoms with van der Waals surface area (Å²) in [6.45, 7) is 2.33. The van der Waals surface area contributed by atoms with Crippen molar-refractivity contribution in [1.29, 1.82) is 0 Å². The molecule has 1 aromatic heterocycles. The van der Waals surface area contributed by atoms with E-state index in [0.717, 1.165) is 38.4 Å². The molecule has 0 saturated carbocycles. The summed E-state index contributed by atoms with van der Waals surface area (Å²) in [4.78, 5) is 4.23. The van der Waals surface area contributed by atoms with Gasteiger partial charge >= 0.3 is 0 Å². The molecule has 2 heterocycles. The predicted molar refractivity (Wildman–Crippen MR) is 62.5 cm³/mol. The van der Waals surface area contributed by atoms with Gasteiger partial charge in [-0.3, -0.25) is 0 Å². The van der Waals surface area contributed by atoms with Crippen LogP contribution in [0.1, 0.15) is 12.8 Å². The summed E-state index contributed by atoms with van der Waals surface area (Å²) in [5, 5.41) is 3.31. The lowest BCUT2D eigenvalue weighted by Crippen LogP contribution is -2.44. The summed E-state index contributed by atoms with van der Waals surface area (Å²) in [5.74, 6) is 0.894. The lowest BCUT2D eigenvalue weighted by molar-refractivity contribution is -0.0807. The van der Waals surface area contributed by atoms with Crippen LogP contribution in [0.25, 0.3) is 0 Å². The zero-order valence-electron chi connectivity index (χ0n) is 9.61. The fourth-order valence-electron chi connectivity index (χ4n) is 1.92. The maximum Gasteiger partial charge on any atom is 0.125 e. The second kappa shape index (κ2) is 5.27. The van der Waals surface area contributed by atoms with Gasteiger partial charge in [-0.25, -0.2) is 4.98 Å². The van der Waals surface area contributed by atoms with Crippen molar-refractivity contribution in [2.45, 2.75) is 18.4 Å². The summed E-state index contributed by atoms with van der Waals surface area (Å²) in [7, 11) is 1.77. The van der Waals surface area contributed by atoms with Crippen LogP contribution in [0.15, 0.2) is 24.4 Å². The average molecular weight is 222 g/mol. The first kappa shape index (κ1) is 11.4. The Kier molecular flexibility index (Phi) is 3.74. The van der Waals surface area contributed by atoms with Crippen LogP contribution in [-0.4, -0.2) is 37.5 Å². The van der Waals surface area contributed by atoms with E-state index in [1.807, 2.05) is 18.2 Å². The number of hydrogen-bond acceptors (Lipinski definition) is 4. The quantitative estimate of drug-likeness (QED) is 0.842. The van der Waals surface area contributed by atoms with Gasteiger partial charge in [0.05, 0.1) is 5.60 Å². The van der Waals surface area contributed by atoms with Crippen molar-refractivity contribution in [2.75, 3.05) is 32.2 Å². The molecule has 0 radical (unpaired) electrons. The fourth-order valence-corrected chi connectivity index (χ4v) is 1.92. The molecule has 0 amide bonds. The summed E-state index contributed by atoms with van der Waals surface area (Å²) < 4.78 is 11.0. The monoisotopic (exact) mass is 222 g/mol. The van der Waals surface area contributed by atoms with Gasteiger partial charge in [0.1, 0.15) is 5.82 Å². The highest BCUT2D eigenvalue weighted by Crippen LogP contribution is 2.24. The third-order valence-corrected chi connectivity index (χ3v) is 3.09. The molecule has 4 nitrogen and oxygen atoms in total. The maximum atomic E-state index is 5.63. The van der Waals surface area contributed by atoms with Crippen LogP contribution in [0.3, 0.4) is 0 Å². The highest BCUT2D eigenvalue weighted by atomic mass is 16.5. The molecule has 1 fully saturated rings. The molecule has 88 valence electrons. The molecule has 2 rings (SSSR count). The van der Waals surface area contributed by atoms with Crippen molar-refractivity contribution < 1.29 is 9.47 Å². The van der Waals surface area contributed by atoms with Crippen molar-refractivity contribution >= 4 is 5.82 Å². The van der Waals surface area contributed by atoms with E-state index in [4.69, 9.17) is 9.47 Å². The minimum Gasteiger partial charge on any atom is -0.381 e. The Morgan fingerprint density at radius 2 is 2.25 bits per heavy atom. The molecule has 1 aliphatic heterocycles. The summed E-state index contributed by atoms with van der Waals surface area (Å²) in [5.41, 5.74) is -0.101. The molecule has 0 unspecified atom stereocenters. The number of hydrogen-bond donors (Lipinski definition) is 1. The smallest absolute Gasteiger partial charge is 0.125 e. The highest BCUT2D eigenvalue weighted by Gasteiger charge is 2.32. The van der Waals surface area contributed by atoms with Gasteiger partial charge in [-0.2, -0.15) is 0 Å².